The number of hydrogen-bond acceptors (Lipinski definition) is 8. The fourth-order valence-electron chi connectivity index (χ4n) is 1.12. The van der Waals surface area contributed by atoms with Gasteiger partial charge in [0.25, 0.3) is 0 Å². The van der Waals surface area contributed by atoms with Crippen LogP contribution in [0.25, 0.3) is 0 Å². The van der Waals surface area contributed by atoms with Gasteiger partial charge in [-0.15, -0.1) is 11.8 Å². The van der Waals surface area contributed by atoms with Crippen molar-refractivity contribution in [2.45, 2.75) is 11.5 Å². The fraction of sp³-hybridized carbons (Fsp3) is 0.500. The van der Waals surface area contributed by atoms with Crippen LogP contribution in [0.2, 0.25) is 0 Å². The summed E-state index contributed by atoms with van der Waals surface area (Å²) in [5.41, 5.74) is 6.07. The van der Waals surface area contributed by atoms with Crippen LogP contribution in [0.15, 0.2) is 21.7 Å². The van der Waals surface area contributed by atoms with Crippen molar-refractivity contribution < 1.29 is 4.84 Å². The highest BCUT2D eigenvalue weighted by Crippen LogP contribution is 2.41. The van der Waals surface area contributed by atoms with Crippen LogP contribution in [0.5, 0.6) is 0 Å². The summed E-state index contributed by atoms with van der Waals surface area (Å²) in [4.78, 5) is 5.40. The Morgan fingerprint density at radius 3 is 2.69 bits per heavy atom. The van der Waals surface area contributed by atoms with Crippen molar-refractivity contribution in [2.75, 3.05) is 14.1 Å². The van der Waals surface area contributed by atoms with E-state index >= 15 is 0 Å². The topological polar surface area (TPSA) is 39.8 Å². The Bertz CT molecular complexity index is 292. The van der Waals surface area contributed by atoms with Crippen LogP contribution in [0.3, 0.4) is 0 Å². The molecule has 0 aromatic heterocycles. The quantitative estimate of drug-likeness (QED) is 0.597. The molecule has 2 heterocycles. The molecule has 2 aliphatic heterocycles. The Hall–Kier alpha value is -0.150. The normalized spacial score (nSPS) is 23.2. The first kappa shape index (κ1) is 12.3. The molecular formula is C8H14N4OS3. The summed E-state index contributed by atoms with van der Waals surface area (Å²) >= 11 is 5.21. The highest BCUT2D eigenvalue weighted by atomic mass is 32.2. The summed E-state index contributed by atoms with van der Waals surface area (Å²) in [7, 11) is 3.82. The highest BCUT2D eigenvalue weighted by molar-refractivity contribution is 8.28. The summed E-state index contributed by atoms with van der Waals surface area (Å²) in [6, 6.07) is 0. The Balaban J connectivity index is 1.74. The molecular weight excluding hydrogens is 264 g/mol. The first-order valence-electron chi connectivity index (χ1n) is 4.73. The molecule has 0 fully saturated rings. The SMILES string of the molecule is CC(SC1=CNN(C)O1)SC1=CNN(C)S1. The summed E-state index contributed by atoms with van der Waals surface area (Å²) in [5.74, 6) is 0. The van der Waals surface area contributed by atoms with Crippen LogP contribution < -0.4 is 10.9 Å². The molecule has 1 atom stereocenters. The predicted octanol–water partition coefficient (Wildman–Crippen LogP) is 1.88. The van der Waals surface area contributed by atoms with E-state index in [1.165, 1.54) is 4.24 Å². The van der Waals surface area contributed by atoms with Crippen molar-refractivity contribution in [3.63, 3.8) is 0 Å². The van der Waals surface area contributed by atoms with Crippen molar-refractivity contribution in [3.05, 3.63) is 21.7 Å². The number of thioether (sulfide) groups is 2. The minimum Gasteiger partial charge on any atom is -0.378 e. The van der Waals surface area contributed by atoms with Crippen LogP contribution in [0, 0.1) is 0 Å². The van der Waals surface area contributed by atoms with Gasteiger partial charge in [-0.25, -0.2) is 0 Å². The van der Waals surface area contributed by atoms with Crippen LogP contribution >= 0.6 is 35.5 Å². The average molecular weight is 278 g/mol. The zero-order chi connectivity index (χ0) is 11.5. The van der Waals surface area contributed by atoms with Crippen molar-refractivity contribution in [2.24, 2.45) is 0 Å². The molecule has 2 rings (SSSR count). The third-order valence-corrected chi connectivity index (χ3v) is 4.95. The first-order chi connectivity index (χ1) is 7.63. The molecule has 0 aromatic carbocycles. The second-order valence-electron chi connectivity index (χ2n) is 3.17. The van der Waals surface area contributed by atoms with Gasteiger partial charge >= 0.3 is 0 Å². The molecule has 0 spiro atoms. The molecule has 2 N–H and O–H groups in total. The lowest BCUT2D eigenvalue weighted by atomic mass is 10.9. The summed E-state index contributed by atoms with van der Waals surface area (Å²) < 4.78 is 3.65. The summed E-state index contributed by atoms with van der Waals surface area (Å²) in [6.45, 7) is 2.16. The zero-order valence-corrected chi connectivity index (χ0v) is 11.7. The smallest absolute Gasteiger partial charge is 0.201 e. The maximum atomic E-state index is 5.40. The standard InChI is InChI=1S/C8H14N4OS3/c1-6(14-7-4-9-11(2)13-7)15-8-5-10-12(3)16-8/h4-6,9-10H,1-3H3. The molecule has 0 saturated carbocycles. The number of rotatable bonds is 4. The van der Waals surface area contributed by atoms with Gasteiger partial charge in [0, 0.05) is 20.3 Å². The van der Waals surface area contributed by atoms with Gasteiger partial charge in [-0.05, 0) is 18.9 Å². The summed E-state index contributed by atoms with van der Waals surface area (Å²) in [6.07, 6.45) is 3.88. The number of hydrazine groups is 2. The second kappa shape index (κ2) is 5.46. The first-order valence-corrected chi connectivity index (χ1v) is 7.26. The van der Waals surface area contributed by atoms with E-state index < -0.39 is 0 Å². The number of nitrogens with zero attached hydrogens (tertiary/aromatic N) is 2. The highest BCUT2D eigenvalue weighted by Gasteiger charge is 2.19. The van der Waals surface area contributed by atoms with Gasteiger partial charge in [0.2, 0.25) is 5.09 Å². The Morgan fingerprint density at radius 2 is 2.12 bits per heavy atom. The van der Waals surface area contributed by atoms with Gasteiger partial charge in [0.05, 0.1) is 15.0 Å². The third-order valence-electron chi connectivity index (χ3n) is 1.75. The molecule has 8 heteroatoms. The van der Waals surface area contributed by atoms with E-state index in [2.05, 4.69) is 17.8 Å². The van der Waals surface area contributed by atoms with Crippen molar-refractivity contribution in [3.8, 4) is 0 Å². The van der Waals surface area contributed by atoms with Crippen molar-refractivity contribution in [1.29, 1.82) is 0 Å². The maximum absolute atomic E-state index is 5.40. The minimum atomic E-state index is 0.409. The van der Waals surface area contributed by atoms with Gasteiger partial charge < -0.3 is 10.3 Å². The van der Waals surface area contributed by atoms with Crippen molar-refractivity contribution >= 4 is 35.5 Å². The maximum Gasteiger partial charge on any atom is 0.201 e. The van der Waals surface area contributed by atoms with E-state index in [0.29, 0.717) is 4.58 Å². The van der Waals surface area contributed by atoms with Gasteiger partial charge in [0.15, 0.2) is 0 Å². The minimum absolute atomic E-state index is 0.409. The number of hydroxylamine groups is 1. The molecule has 16 heavy (non-hydrogen) atoms. The number of nitrogens with one attached hydrogen (secondary N) is 2. The van der Waals surface area contributed by atoms with Gasteiger partial charge in [-0.1, -0.05) is 16.9 Å². The van der Waals surface area contributed by atoms with E-state index in [-0.39, 0.29) is 0 Å². The third kappa shape index (κ3) is 3.42. The molecule has 0 radical (unpaired) electrons. The molecule has 2 aliphatic rings. The lowest BCUT2D eigenvalue weighted by Crippen LogP contribution is -2.22. The van der Waals surface area contributed by atoms with E-state index in [4.69, 9.17) is 4.84 Å². The Kier molecular flexibility index (Phi) is 4.20. The molecule has 0 aromatic rings. The number of hydrogen-bond donors (Lipinski definition) is 2. The molecule has 0 bridgehead atoms. The molecule has 90 valence electrons. The van der Waals surface area contributed by atoms with Crippen LogP contribution in [-0.4, -0.2) is 28.3 Å². The Morgan fingerprint density at radius 1 is 1.31 bits per heavy atom. The van der Waals surface area contributed by atoms with E-state index in [1.807, 2.05) is 42.7 Å². The van der Waals surface area contributed by atoms with Gasteiger partial charge in [-0.2, -0.15) is 4.41 Å². The Labute approximate surface area is 108 Å². The van der Waals surface area contributed by atoms with E-state index in [0.717, 1.165) is 5.09 Å². The van der Waals surface area contributed by atoms with E-state index in [9.17, 15) is 0 Å². The lowest BCUT2D eigenvalue weighted by Gasteiger charge is -2.13. The van der Waals surface area contributed by atoms with E-state index in [1.54, 1.807) is 28.9 Å². The monoisotopic (exact) mass is 278 g/mol. The molecule has 0 amide bonds. The zero-order valence-electron chi connectivity index (χ0n) is 9.26. The molecule has 5 nitrogen and oxygen atoms in total. The average Bonchev–Trinajstić information content (AvgIpc) is 2.76. The van der Waals surface area contributed by atoms with Crippen LogP contribution in [0.1, 0.15) is 6.92 Å². The molecule has 0 aliphatic carbocycles. The summed E-state index contributed by atoms with van der Waals surface area (Å²) in [5, 5.41) is 2.48. The lowest BCUT2D eigenvalue weighted by molar-refractivity contribution is -0.0921. The van der Waals surface area contributed by atoms with Crippen LogP contribution in [0.4, 0.5) is 0 Å². The molecule has 0 saturated heterocycles. The largest absolute Gasteiger partial charge is 0.378 e. The van der Waals surface area contributed by atoms with Crippen molar-refractivity contribution in [1.82, 2.24) is 20.4 Å². The van der Waals surface area contributed by atoms with Gasteiger partial charge in [-0.3, -0.25) is 5.43 Å². The predicted molar refractivity (Wildman–Crippen MR) is 71.3 cm³/mol. The second-order valence-corrected chi connectivity index (χ2v) is 7.62. The van der Waals surface area contributed by atoms with Gasteiger partial charge in [0.1, 0.15) is 0 Å². The molecule has 1 unspecified atom stereocenters. The fourth-order valence-corrected chi connectivity index (χ4v) is 4.57. The van der Waals surface area contributed by atoms with Crippen LogP contribution in [-0.2, 0) is 4.84 Å².